The van der Waals surface area contributed by atoms with E-state index in [0.717, 1.165) is 44.2 Å². The highest BCUT2D eigenvalue weighted by atomic mass is 16.3. The molecule has 2 aromatic rings. The van der Waals surface area contributed by atoms with Crippen LogP contribution < -0.4 is 0 Å². The van der Waals surface area contributed by atoms with Crippen molar-refractivity contribution in [2.24, 2.45) is 5.10 Å². The molecule has 1 saturated heterocycles. The summed E-state index contributed by atoms with van der Waals surface area (Å²) in [7, 11) is 0. The van der Waals surface area contributed by atoms with Crippen molar-refractivity contribution in [1.29, 1.82) is 0 Å². The van der Waals surface area contributed by atoms with Crippen molar-refractivity contribution >= 4 is 5.71 Å². The van der Waals surface area contributed by atoms with Crippen molar-refractivity contribution in [1.82, 2.24) is 9.91 Å². The van der Waals surface area contributed by atoms with E-state index in [0.29, 0.717) is 0 Å². The van der Waals surface area contributed by atoms with Crippen LogP contribution in [0.2, 0.25) is 0 Å². The SMILES string of the molecule is C/C(=N/N1CCN(Cc2ccccc2)CC1)c1ccco1. The van der Waals surface area contributed by atoms with Crippen LogP contribution in [0.1, 0.15) is 18.2 Å². The third-order valence-electron chi connectivity index (χ3n) is 3.77. The number of rotatable bonds is 4. The molecule has 1 aliphatic rings. The van der Waals surface area contributed by atoms with Gasteiger partial charge in [-0.3, -0.25) is 9.91 Å². The molecule has 0 atom stereocenters. The minimum Gasteiger partial charge on any atom is -0.463 e. The van der Waals surface area contributed by atoms with Gasteiger partial charge in [-0.05, 0) is 24.6 Å². The number of piperazine rings is 1. The van der Waals surface area contributed by atoms with E-state index in [-0.39, 0.29) is 0 Å². The van der Waals surface area contributed by atoms with Gasteiger partial charge >= 0.3 is 0 Å². The fourth-order valence-corrected chi connectivity index (χ4v) is 2.58. The van der Waals surface area contributed by atoms with Gasteiger partial charge in [0.1, 0.15) is 5.76 Å². The van der Waals surface area contributed by atoms with Crippen LogP contribution in [0.5, 0.6) is 0 Å². The first-order valence-corrected chi connectivity index (χ1v) is 7.41. The molecule has 110 valence electrons. The number of furan rings is 1. The molecule has 1 aliphatic heterocycles. The third-order valence-corrected chi connectivity index (χ3v) is 3.77. The average Bonchev–Trinajstić information content (AvgIpc) is 3.05. The molecule has 2 heterocycles. The normalized spacial score (nSPS) is 17.2. The Morgan fingerprint density at radius 3 is 2.48 bits per heavy atom. The molecule has 0 spiro atoms. The Kier molecular flexibility index (Phi) is 4.36. The summed E-state index contributed by atoms with van der Waals surface area (Å²) in [4.78, 5) is 2.48. The van der Waals surface area contributed by atoms with Crippen LogP contribution in [0.25, 0.3) is 0 Å². The van der Waals surface area contributed by atoms with E-state index >= 15 is 0 Å². The van der Waals surface area contributed by atoms with Gasteiger partial charge in [0.25, 0.3) is 0 Å². The van der Waals surface area contributed by atoms with Gasteiger partial charge in [0, 0.05) is 32.7 Å². The summed E-state index contributed by atoms with van der Waals surface area (Å²) in [5.74, 6) is 0.849. The molecule has 3 rings (SSSR count). The van der Waals surface area contributed by atoms with Gasteiger partial charge in [-0.15, -0.1) is 0 Å². The molecule has 1 aromatic carbocycles. The molecular weight excluding hydrogens is 262 g/mol. The quantitative estimate of drug-likeness (QED) is 0.809. The predicted molar refractivity (Wildman–Crippen MR) is 84.2 cm³/mol. The van der Waals surface area contributed by atoms with Crippen LogP contribution in [0.3, 0.4) is 0 Å². The molecule has 0 saturated carbocycles. The Morgan fingerprint density at radius 2 is 1.81 bits per heavy atom. The lowest BCUT2D eigenvalue weighted by atomic mass is 10.2. The molecule has 1 fully saturated rings. The zero-order valence-corrected chi connectivity index (χ0v) is 12.4. The Morgan fingerprint density at radius 1 is 1.05 bits per heavy atom. The molecule has 0 amide bonds. The van der Waals surface area contributed by atoms with E-state index in [1.54, 1.807) is 6.26 Å². The minimum atomic E-state index is 0.849. The highest BCUT2D eigenvalue weighted by Gasteiger charge is 2.16. The summed E-state index contributed by atoms with van der Waals surface area (Å²) in [5.41, 5.74) is 2.32. The number of nitrogens with zero attached hydrogens (tertiary/aromatic N) is 3. The summed E-state index contributed by atoms with van der Waals surface area (Å²) in [5, 5.41) is 6.79. The summed E-state index contributed by atoms with van der Waals surface area (Å²) in [6, 6.07) is 14.5. The standard InChI is InChI=1S/C17H21N3O/c1-15(17-8-5-13-21-17)18-20-11-9-19(10-12-20)14-16-6-3-2-4-7-16/h2-8,13H,9-12,14H2,1H3/b18-15-. The van der Waals surface area contributed by atoms with Gasteiger partial charge < -0.3 is 4.42 Å². The molecule has 0 radical (unpaired) electrons. The predicted octanol–water partition coefficient (Wildman–Crippen LogP) is 2.82. The average molecular weight is 283 g/mol. The highest BCUT2D eigenvalue weighted by molar-refractivity contribution is 5.95. The van der Waals surface area contributed by atoms with Gasteiger partial charge in [0.2, 0.25) is 0 Å². The first-order valence-electron chi connectivity index (χ1n) is 7.41. The van der Waals surface area contributed by atoms with Crippen LogP contribution in [-0.2, 0) is 6.54 Å². The molecule has 0 unspecified atom stereocenters. The Balaban J connectivity index is 1.52. The Hall–Kier alpha value is -2.07. The van der Waals surface area contributed by atoms with E-state index in [4.69, 9.17) is 4.42 Å². The lowest BCUT2D eigenvalue weighted by molar-refractivity contribution is 0.130. The summed E-state index contributed by atoms with van der Waals surface area (Å²) >= 11 is 0. The second-order valence-electron chi connectivity index (χ2n) is 5.38. The molecule has 0 aliphatic carbocycles. The Labute approximate surface area is 125 Å². The number of benzene rings is 1. The second kappa shape index (κ2) is 6.59. The van der Waals surface area contributed by atoms with Crippen LogP contribution in [-0.4, -0.2) is 41.8 Å². The topological polar surface area (TPSA) is 32.0 Å². The van der Waals surface area contributed by atoms with E-state index in [1.807, 2.05) is 19.1 Å². The van der Waals surface area contributed by atoms with Crippen molar-refractivity contribution in [3.8, 4) is 0 Å². The van der Waals surface area contributed by atoms with Gasteiger partial charge in [0.05, 0.1) is 12.0 Å². The van der Waals surface area contributed by atoms with Crippen molar-refractivity contribution < 1.29 is 4.42 Å². The molecular formula is C17H21N3O. The Bertz CT molecular complexity index is 569. The number of hydrogen-bond donors (Lipinski definition) is 0. The van der Waals surface area contributed by atoms with Crippen LogP contribution in [0, 0.1) is 0 Å². The van der Waals surface area contributed by atoms with Crippen molar-refractivity contribution in [2.75, 3.05) is 26.2 Å². The van der Waals surface area contributed by atoms with E-state index in [9.17, 15) is 0 Å². The number of hydrazone groups is 1. The second-order valence-corrected chi connectivity index (χ2v) is 5.38. The van der Waals surface area contributed by atoms with Gasteiger partial charge in [0.15, 0.2) is 0 Å². The fraction of sp³-hybridized carbons (Fsp3) is 0.353. The van der Waals surface area contributed by atoms with Crippen molar-refractivity contribution in [3.05, 3.63) is 60.1 Å². The van der Waals surface area contributed by atoms with E-state index in [2.05, 4.69) is 45.3 Å². The minimum absolute atomic E-state index is 0.849. The maximum absolute atomic E-state index is 5.37. The van der Waals surface area contributed by atoms with Gasteiger partial charge in [-0.25, -0.2) is 0 Å². The van der Waals surface area contributed by atoms with Gasteiger partial charge in [-0.1, -0.05) is 30.3 Å². The largest absolute Gasteiger partial charge is 0.463 e. The number of hydrogen-bond acceptors (Lipinski definition) is 4. The molecule has 1 aromatic heterocycles. The molecule has 21 heavy (non-hydrogen) atoms. The van der Waals surface area contributed by atoms with Gasteiger partial charge in [-0.2, -0.15) is 5.10 Å². The summed E-state index contributed by atoms with van der Waals surface area (Å²) in [6.07, 6.45) is 1.69. The van der Waals surface area contributed by atoms with Crippen molar-refractivity contribution in [2.45, 2.75) is 13.5 Å². The summed E-state index contributed by atoms with van der Waals surface area (Å²) < 4.78 is 5.37. The zero-order valence-electron chi connectivity index (χ0n) is 12.4. The van der Waals surface area contributed by atoms with E-state index in [1.165, 1.54) is 5.56 Å². The maximum Gasteiger partial charge on any atom is 0.149 e. The molecule has 0 bridgehead atoms. The van der Waals surface area contributed by atoms with E-state index < -0.39 is 0 Å². The first kappa shape index (κ1) is 13.9. The lowest BCUT2D eigenvalue weighted by Gasteiger charge is -2.33. The van der Waals surface area contributed by atoms with Crippen LogP contribution in [0.4, 0.5) is 0 Å². The monoisotopic (exact) mass is 283 g/mol. The molecule has 0 N–H and O–H groups in total. The molecule has 4 heteroatoms. The van der Waals surface area contributed by atoms with Crippen molar-refractivity contribution in [3.63, 3.8) is 0 Å². The molecule has 4 nitrogen and oxygen atoms in total. The third kappa shape index (κ3) is 3.73. The van der Waals surface area contributed by atoms with Crippen LogP contribution in [0.15, 0.2) is 58.2 Å². The maximum atomic E-state index is 5.37. The highest BCUT2D eigenvalue weighted by Crippen LogP contribution is 2.10. The summed E-state index contributed by atoms with van der Waals surface area (Å²) in [6.45, 7) is 7.04. The first-order chi connectivity index (χ1) is 10.3. The van der Waals surface area contributed by atoms with Crippen LogP contribution >= 0.6 is 0 Å². The lowest BCUT2D eigenvalue weighted by Crippen LogP contribution is -2.43. The zero-order chi connectivity index (χ0) is 14.5. The smallest absolute Gasteiger partial charge is 0.149 e. The fourth-order valence-electron chi connectivity index (χ4n) is 2.58.